The van der Waals surface area contributed by atoms with Gasteiger partial charge in [0.1, 0.15) is 0 Å². The maximum atomic E-state index is 11.2. The third-order valence-corrected chi connectivity index (χ3v) is 2.41. The Morgan fingerprint density at radius 1 is 1.30 bits per heavy atom. The number of carbonyl (C=O) groups is 1. The van der Waals surface area contributed by atoms with Crippen molar-refractivity contribution in [2.45, 2.75) is 25.9 Å². The van der Waals surface area contributed by atoms with Crippen molar-refractivity contribution in [1.82, 2.24) is 9.80 Å². The number of amides is 2. The Balaban J connectivity index is 2.27. The summed E-state index contributed by atoms with van der Waals surface area (Å²) < 4.78 is 0. The number of rotatable bonds is 0. The van der Waals surface area contributed by atoms with Crippen molar-refractivity contribution in [1.29, 1.82) is 0 Å². The predicted molar refractivity (Wildman–Crippen MR) is 37.7 cm³/mol. The molecule has 2 heterocycles. The Hall–Kier alpha value is -0.730. The fraction of sp³-hybridized carbons (Fsp3) is 0.857. The van der Waals surface area contributed by atoms with Crippen LogP contribution in [0, 0.1) is 0 Å². The summed E-state index contributed by atoms with van der Waals surface area (Å²) in [5.41, 5.74) is 0. The molecule has 2 saturated heterocycles. The topological polar surface area (TPSA) is 23.6 Å². The van der Waals surface area contributed by atoms with E-state index in [4.69, 9.17) is 0 Å². The van der Waals surface area contributed by atoms with Crippen LogP contribution in [-0.2, 0) is 0 Å². The molecule has 2 atom stereocenters. The molecule has 10 heavy (non-hydrogen) atoms. The first-order chi connectivity index (χ1) is 4.70. The zero-order valence-electron chi connectivity index (χ0n) is 6.37. The molecule has 0 aliphatic carbocycles. The van der Waals surface area contributed by atoms with Gasteiger partial charge in [0, 0.05) is 25.2 Å². The molecule has 3 nitrogen and oxygen atoms in total. The number of urea groups is 1. The molecule has 2 aliphatic heterocycles. The smallest absolute Gasteiger partial charge is 0.320 e. The van der Waals surface area contributed by atoms with Gasteiger partial charge in [-0.1, -0.05) is 0 Å². The van der Waals surface area contributed by atoms with Gasteiger partial charge in [0.05, 0.1) is 0 Å². The van der Waals surface area contributed by atoms with Crippen molar-refractivity contribution in [2.75, 3.05) is 13.1 Å². The first-order valence-corrected chi connectivity index (χ1v) is 3.77. The van der Waals surface area contributed by atoms with Crippen LogP contribution < -0.4 is 0 Å². The Bertz CT molecular complexity index is 168. The van der Waals surface area contributed by atoms with Crippen molar-refractivity contribution < 1.29 is 4.79 Å². The van der Waals surface area contributed by atoms with Crippen LogP contribution in [0.4, 0.5) is 4.79 Å². The van der Waals surface area contributed by atoms with Crippen molar-refractivity contribution in [2.24, 2.45) is 0 Å². The second-order valence-electron chi connectivity index (χ2n) is 3.29. The molecule has 2 amide bonds. The van der Waals surface area contributed by atoms with Crippen LogP contribution in [0.5, 0.6) is 0 Å². The van der Waals surface area contributed by atoms with E-state index >= 15 is 0 Å². The number of nitrogens with zero attached hydrogens (tertiary/aromatic N) is 2. The Labute approximate surface area is 60.6 Å². The molecule has 2 aliphatic rings. The van der Waals surface area contributed by atoms with E-state index in [1.165, 1.54) is 0 Å². The second kappa shape index (κ2) is 1.65. The first kappa shape index (κ1) is 6.01. The summed E-state index contributed by atoms with van der Waals surface area (Å²) in [5, 5.41) is 0. The first-order valence-electron chi connectivity index (χ1n) is 3.77. The van der Waals surface area contributed by atoms with Crippen LogP contribution in [0.2, 0.25) is 0 Å². The van der Waals surface area contributed by atoms with Crippen molar-refractivity contribution in [3.63, 3.8) is 0 Å². The van der Waals surface area contributed by atoms with Gasteiger partial charge >= 0.3 is 6.03 Å². The fourth-order valence-electron chi connectivity index (χ4n) is 2.02. The third-order valence-electron chi connectivity index (χ3n) is 2.41. The predicted octanol–water partition coefficient (Wildman–Crippen LogP) is 0.515. The molecule has 0 aromatic heterocycles. The highest BCUT2D eigenvalue weighted by Crippen LogP contribution is 2.25. The van der Waals surface area contributed by atoms with Gasteiger partial charge in [-0.15, -0.1) is 0 Å². The van der Waals surface area contributed by atoms with Crippen molar-refractivity contribution in [3.8, 4) is 0 Å². The minimum absolute atomic E-state index is 0.236. The van der Waals surface area contributed by atoms with E-state index in [-0.39, 0.29) is 6.03 Å². The lowest BCUT2D eigenvalue weighted by Gasteiger charge is -2.25. The molecule has 2 fully saturated rings. The van der Waals surface area contributed by atoms with Crippen LogP contribution in [0.1, 0.15) is 13.8 Å². The van der Waals surface area contributed by atoms with E-state index in [0.29, 0.717) is 12.1 Å². The van der Waals surface area contributed by atoms with E-state index in [1.807, 2.05) is 9.80 Å². The Morgan fingerprint density at radius 3 is 2.00 bits per heavy atom. The molecule has 0 N–H and O–H groups in total. The van der Waals surface area contributed by atoms with Crippen LogP contribution in [-0.4, -0.2) is 41.0 Å². The van der Waals surface area contributed by atoms with Gasteiger partial charge in [-0.05, 0) is 13.8 Å². The van der Waals surface area contributed by atoms with Crippen molar-refractivity contribution in [3.05, 3.63) is 0 Å². The van der Waals surface area contributed by atoms with E-state index in [0.717, 1.165) is 13.1 Å². The zero-order chi connectivity index (χ0) is 7.30. The lowest BCUT2D eigenvalue weighted by molar-refractivity contribution is 0.202. The Kier molecular flexibility index (Phi) is 0.993. The van der Waals surface area contributed by atoms with Crippen LogP contribution in [0.15, 0.2) is 0 Å². The van der Waals surface area contributed by atoms with Gasteiger partial charge in [-0.3, -0.25) is 0 Å². The minimum atomic E-state index is 0.236. The van der Waals surface area contributed by atoms with Crippen LogP contribution >= 0.6 is 0 Å². The zero-order valence-corrected chi connectivity index (χ0v) is 6.37. The standard InChI is InChI=1S/C7H12N2O/c1-5-3-8-4-6(2)9(5)7(8)10/h5-6H,3-4H2,1-2H3. The SMILES string of the molecule is CC1CN2CC(C)N1C2=O. The third kappa shape index (κ3) is 0.528. The van der Waals surface area contributed by atoms with E-state index < -0.39 is 0 Å². The number of fused-ring (bicyclic) bond motifs is 2. The molecule has 2 unspecified atom stereocenters. The van der Waals surface area contributed by atoms with Crippen molar-refractivity contribution >= 4 is 6.03 Å². The monoisotopic (exact) mass is 140 g/mol. The normalized spacial score (nSPS) is 38.0. The summed E-state index contributed by atoms with van der Waals surface area (Å²) in [7, 11) is 0. The highest BCUT2D eigenvalue weighted by molar-refractivity contribution is 5.79. The summed E-state index contributed by atoms with van der Waals surface area (Å²) in [6.07, 6.45) is 0. The van der Waals surface area contributed by atoms with Gasteiger partial charge in [-0.2, -0.15) is 0 Å². The number of carbonyl (C=O) groups excluding carboxylic acids is 1. The lowest BCUT2D eigenvalue weighted by Crippen LogP contribution is -2.40. The maximum Gasteiger partial charge on any atom is 0.320 e. The van der Waals surface area contributed by atoms with Gasteiger partial charge in [-0.25, -0.2) is 4.79 Å². The molecule has 3 heteroatoms. The summed E-state index contributed by atoms with van der Waals surface area (Å²) in [4.78, 5) is 15.1. The highest BCUT2D eigenvalue weighted by Gasteiger charge is 2.44. The fourth-order valence-corrected chi connectivity index (χ4v) is 2.02. The highest BCUT2D eigenvalue weighted by atomic mass is 16.2. The molecule has 2 rings (SSSR count). The molecular formula is C7H12N2O. The molecule has 56 valence electrons. The average Bonchev–Trinajstić information content (AvgIpc) is 2.20. The van der Waals surface area contributed by atoms with Gasteiger partial charge in [0.15, 0.2) is 0 Å². The Morgan fingerprint density at radius 2 is 1.80 bits per heavy atom. The van der Waals surface area contributed by atoms with E-state index in [1.54, 1.807) is 0 Å². The number of hydrogen-bond acceptors (Lipinski definition) is 1. The largest absolute Gasteiger partial charge is 0.321 e. The minimum Gasteiger partial charge on any atom is -0.321 e. The summed E-state index contributed by atoms with van der Waals surface area (Å²) >= 11 is 0. The lowest BCUT2D eigenvalue weighted by atomic mass is 10.2. The van der Waals surface area contributed by atoms with E-state index in [9.17, 15) is 4.79 Å². The number of hydrogen-bond donors (Lipinski definition) is 0. The molecule has 2 bridgehead atoms. The summed E-state index contributed by atoms with van der Waals surface area (Å²) in [6.45, 7) is 6.08. The average molecular weight is 140 g/mol. The molecule has 0 spiro atoms. The molecule has 0 saturated carbocycles. The second-order valence-corrected chi connectivity index (χ2v) is 3.29. The quantitative estimate of drug-likeness (QED) is 0.481. The molecule has 0 radical (unpaired) electrons. The van der Waals surface area contributed by atoms with Gasteiger partial charge in [0.25, 0.3) is 0 Å². The summed E-state index contributed by atoms with van der Waals surface area (Å²) in [5.74, 6) is 0. The molecule has 0 aromatic carbocycles. The van der Waals surface area contributed by atoms with E-state index in [2.05, 4.69) is 13.8 Å². The van der Waals surface area contributed by atoms with Crippen LogP contribution in [0.25, 0.3) is 0 Å². The van der Waals surface area contributed by atoms with Crippen LogP contribution in [0.3, 0.4) is 0 Å². The molecule has 0 aromatic rings. The summed E-state index contributed by atoms with van der Waals surface area (Å²) in [6, 6.07) is 1.12. The number of piperazine rings is 1. The van der Waals surface area contributed by atoms with Gasteiger partial charge < -0.3 is 9.80 Å². The maximum absolute atomic E-state index is 11.2. The van der Waals surface area contributed by atoms with Gasteiger partial charge in [0.2, 0.25) is 0 Å². The molecular weight excluding hydrogens is 128 g/mol.